The highest BCUT2D eigenvalue weighted by molar-refractivity contribution is 6.13. The molecule has 7 nitrogen and oxygen atoms in total. The fourth-order valence-corrected chi connectivity index (χ4v) is 3.78. The van der Waals surface area contributed by atoms with Crippen LogP contribution in [-0.2, 0) is 0 Å². The van der Waals surface area contributed by atoms with Crippen molar-refractivity contribution in [1.82, 2.24) is 4.98 Å². The number of ketones is 1. The monoisotopic (exact) mass is 474 g/mol. The number of nitrogens with zero attached hydrogens (tertiary/aromatic N) is 1. The van der Waals surface area contributed by atoms with Crippen LogP contribution in [0.5, 0.6) is 17.2 Å². The molecule has 4 aromatic rings. The number of halogens is 1. The summed E-state index contributed by atoms with van der Waals surface area (Å²) >= 11 is 0. The Labute approximate surface area is 201 Å². The second-order valence-electron chi connectivity index (χ2n) is 7.72. The van der Waals surface area contributed by atoms with E-state index in [1.807, 2.05) is 0 Å². The molecule has 1 aromatic heterocycles. The molecular weight excluding hydrogens is 451 g/mol. The van der Waals surface area contributed by atoms with Crippen molar-refractivity contribution in [3.05, 3.63) is 77.6 Å². The van der Waals surface area contributed by atoms with E-state index in [0.29, 0.717) is 50.7 Å². The summed E-state index contributed by atoms with van der Waals surface area (Å²) in [6.45, 7) is 1.45. The summed E-state index contributed by atoms with van der Waals surface area (Å²) in [7, 11) is 4.52. The molecule has 0 aliphatic carbocycles. The lowest BCUT2D eigenvalue weighted by Gasteiger charge is -2.15. The highest BCUT2D eigenvalue weighted by Gasteiger charge is 2.19. The molecule has 0 unspecified atom stereocenters. The van der Waals surface area contributed by atoms with Crippen LogP contribution < -0.4 is 19.5 Å². The molecule has 178 valence electrons. The summed E-state index contributed by atoms with van der Waals surface area (Å²) in [5, 5.41) is 3.14. The van der Waals surface area contributed by atoms with Gasteiger partial charge in [-0.3, -0.25) is 9.59 Å². The number of ether oxygens (including phenoxy) is 3. The van der Waals surface area contributed by atoms with Gasteiger partial charge in [-0.1, -0.05) is 12.1 Å². The van der Waals surface area contributed by atoms with Gasteiger partial charge < -0.3 is 19.5 Å². The highest BCUT2D eigenvalue weighted by atomic mass is 19.1. The van der Waals surface area contributed by atoms with Gasteiger partial charge in [0.1, 0.15) is 5.82 Å². The highest BCUT2D eigenvalue weighted by Crippen LogP contribution is 2.41. The maximum atomic E-state index is 14.1. The number of hydrogen-bond donors (Lipinski definition) is 1. The van der Waals surface area contributed by atoms with Gasteiger partial charge in [-0.2, -0.15) is 0 Å². The van der Waals surface area contributed by atoms with E-state index in [-0.39, 0.29) is 11.3 Å². The molecule has 0 radical (unpaired) electrons. The van der Waals surface area contributed by atoms with Gasteiger partial charge in [0, 0.05) is 22.2 Å². The Balaban J connectivity index is 1.86. The third kappa shape index (κ3) is 4.77. The predicted molar refractivity (Wildman–Crippen MR) is 131 cm³/mol. The minimum absolute atomic E-state index is 0.123. The van der Waals surface area contributed by atoms with Crippen LogP contribution in [0.2, 0.25) is 0 Å². The standard InChI is InChI=1S/C27H23FN2O5/c1-15(31)16-6-5-7-19(10-16)29-27(32)21-14-23(30-22-9-8-18(28)13-20(21)22)17-11-24(33-2)26(35-4)25(12-17)34-3/h5-14H,1-4H3,(H,29,32). The van der Waals surface area contributed by atoms with Crippen molar-refractivity contribution >= 4 is 28.3 Å². The Morgan fingerprint density at radius 1 is 0.886 bits per heavy atom. The molecule has 0 fully saturated rings. The van der Waals surface area contributed by atoms with Gasteiger partial charge in [-0.25, -0.2) is 9.37 Å². The molecule has 0 saturated carbocycles. The molecule has 0 bridgehead atoms. The van der Waals surface area contributed by atoms with Gasteiger partial charge in [-0.15, -0.1) is 0 Å². The summed E-state index contributed by atoms with van der Waals surface area (Å²) in [5.41, 5.74) is 2.61. The first-order chi connectivity index (χ1) is 16.8. The Morgan fingerprint density at radius 2 is 1.60 bits per heavy atom. The summed E-state index contributed by atoms with van der Waals surface area (Å²) in [4.78, 5) is 29.7. The SMILES string of the molecule is COc1cc(-c2cc(C(=O)Nc3cccc(C(C)=O)c3)c3cc(F)ccc3n2)cc(OC)c1OC. The zero-order chi connectivity index (χ0) is 25.1. The molecule has 0 saturated heterocycles. The van der Waals surface area contributed by atoms with Gasteiger partial charge in [0.25, 0.3) is 5.91 Å². The molecule has 4 rings (SSSR count). The molecule has 8 heteroatoms. The van der Waals surface area contributed by atoms with Crippen LogP contribution in [-0.4, -0.2) is 38.0 Å². The average Bonchev–Trinajstić information content (AvgIpc) is 2.87. The molecule has 0 atom stereocenters. The fourth-order valence-electron chi connectivity index (χ4n) is 3.78. The van der Waals surface area contributed by atoms with E-state index in [0.717, 1.165) is 0 Å². The van der Waals surface area contributed by atoms with Gasteiger partial charge in [0.2, 0.25) is 5.75 Å². The number of amides is 1. The molecule has 1 amide bonds. The van der Waals surface area contributed by atoms with Gasteiger partial charge in [0.15, 0.2) is 17.3 Å². The van der Waals surface area contributed by atoms with E-state index in [1.54, 1.807) is 42.5 Å². The zero-order valence-electron chi connectivity index (χ0n) is 19.6. The number of nitrogens with one attached hydrogen (secondary N) is 1. The Bertz CT molecular complexity index is 1430. The quantitative estimate of drug-likeness (QED) is 0.355. The number of Topliss-reactive ketones (excluding diaryl/α,β-unsaturated/α-hetero) is 1. The first kappa shape index (κ1) is 23.7. The number of methoxy groups -OCH3 is 3. The van der Waals surface area contributed by atoms with Crippen LogP contribution in [0, 0.1) is 5.82 Å². The lowest BCUT2D eigenvalue weighted by Crippen LogP contribution is -2.13. The van der Waals surface area contributed by atoms with E-state index >= 15 is 0 Å². The number of rotatable bonds is 7. The molecule has 1 heterocycles. The lowest BCUT2D eigenvalue weighted by atomic mass is 10.0. The van der Waals surface area contributed by atoms with Crippen molar-refractivity contribution in [2.24, 2.45) is 0 Å². The molecule has 0 aliphatic heterocycles. The minimum atomic E-state index is -0.493. The number of aromatic nitrogens is 1. The van der Waals surface area contributed by atoms with Crippen LogP contribution in [0.4, 0.5) is 10.1 Å². The Kier molecular flexibility index (Phi) is 6.64. The molecule has 35 heavy (non-hydrogen) atoms. The number of fused-ring (bicyclic) bond motifs is 1. The smallest absolute Gasteiger partial charge is 0.256 e. The van der Waals surface area contributed by atoms with Crippen molar-refractivity contribution in [3.8, 4) is 28.5 Å². The number of anilines is 1. The third-order valence-corrected chi connectivity index (χ3v) is 5.50. The fraction of sp³-hybridized carbons (Fsp3) is 0.148. The number of pyridine rings is 1. The first-order valence-corrected chi connectivity index (χ1v) is 10.7. The zero-order valence-corrected chi connectivity index (χ0v) is 19.6. The predicted octanol–water partition coefficient (Wildman–Crippen LogP) is 5.52. The largest absolute Gasteiger partial charge is 0.493 e. The third-order valence-electron chi connectivity index (χ3n) is 5.50. The maximum absolute atomic E-state index is 14.1. The van der Waals surface area contributed by atoms with Crippen molar-refractivity contribution in [2.75, 3.05) is 26.6 Å². The minimum Gasteiger partial charge on any atom is -0.493 e. The summed E-state index contributed by atoms with van der Waals surface area (Å²) in [6, 6.07) is 15.7. The number of benzene rings is 3. The van der Waals surface area contributed by atoms with Crippen LogP contribution in [0.3, 0.4) is 0 Å². The van der Waals surface area contributed by atoms with E-state index in [9.17, 15) is 14.0 Å². The maximum Gasteiger partial charge on any atom is 0.256 e. The molecule has 0 spiro atoms. The number of carbonyl (C=O) groups excluding carboxylic acids is 2. The molecule has 1 N–H and O–H groups in total. The van der Waals surface area contributed by atoms with Crippen molar-refractivity contribution in [3.63, 3.8) is 0 Å². The van der Waals surface area contributed by atoms with Gasteiger partial charge in [-0.05, 0) is 55.5 Å². The van der Waals surface area contributed by atoms with Crippen molar-refractivity contribution < 1.29 is 28.2 Å². The lowest BCUT2D eigenvalue weighted by molar-refractivity contribution is 0.101. The van der Waals surface area contributed by atoms with E-state index in [1.165, 1.54) is 46.5 Å². The van der Waals surface area contributed by atoms with Gasteiger partial charge >= 0.3 is 0 Å². The molecule has 3 aromatic carbocycles. The molecular formula is C27H23FN2O5. The molecule has 0 aliphatic rings. The van der Waals surface area contributed by atoms with E-state index in [4.69, 9.17) is 14.2 Å². The summed E-state index contributed by atoms with van der Waals surface area (Å²) in [6.07, 6.45) is 0. The van der Waals surface area contributed by atoms with Crippen molar-refractivity contribution in [1.29, 1.82) is 0 Å². The first-order valence-electron chi connectivity index (χ1n) is 10.7. The second kappa shape index (κ2) is 9.80. The van der Waals surface area contributed by atoms with Crippen LogP contribution in [0.15, 0.2) is 60.7 Å². The van der Waals surface area contributed by atoms with Crippen molar-refractivity contribution in [2.45, 2.75) is 6.92 Å². The summed E-state index contributed by atoms with van der Waals surface area (Å²) in [5.74, 6) is 0.182. The van der Waals surface area contributed by atoms with E-state index < -0.39 is 11.7 Å². The Hall–Kier alpha value is -4.46. The topological polar surface area (TPSA) is 86.8 Å². The normalized spacial score (nSPS) is 10.7. The van der Waals surface area contributed by atoms with E-state index in [2.05, 4.69) is 10.3 Å². The average molecular weight is 474 g/mol. The second-order valence-corrected chi connectivity index (χ2v) is 7.72. The summed E-state index contributed by atoms with van der Waals surface area (Å²) < 4.78 is 30.4. The Morgan fingerprint density at radius 3 is 2.23 bits per heavy atom. The van der Waals surface area contributed by atoms with Crippen LogP contribution >= 0.6 is 0 Å². The van der Waals surface area contributed by atoms with Crippen LogP contribution in [0.1, 0.15) is 27.6 Å². The number of hydrogen-bond acceptors (Lipinski definition) is 6. The van der Waals surface area contributed by atoms with Gasteiger partial charge in [0.05, 0.1) is 38.1 Å². The van der Waals surface area contributed by atoms with Crippen LogP contribution in [0.25, 0.3) is 22.2 Å². The number of carbonyl (C=O) groups is 2.